The zero-order valence-corrected chi connectivity index (χ0v) is 13.6. The zero-order chi connectivity index (χ0) is 16.8. The summed E-state index contributed by atoms with van der Waals surface area (Å²) in [4.78, 5) is 8.04. The van der Waals surface area contributed by atoms with Gasteiger partial charge in [0, 0.05) is 11.3 Å². The van der Waals surface area contributed by atoms with Crippen LogP contribution in [-0.4, -0.2) is 26.8 Å². The number of nitrogens with zero attached hydrogens (tertiary/aromatic N) is 2. The molecule has 0 bridgehead atoms. The van der Waals surface area contributed by atoms with Gasteiger partial charge in [-0.2, -0.15) is 5.10 Å². The highest BCUT2D eigenvalue weighted by Crippen LogP contribution is 2.35. The lowest BCUT2D eigenvalue weighted by Gasteiger charge is -2.24. The Hall–Kier alpha value is -3.28. The van der Waals surface area contributed by atoms with Crippen molar-refractivity contribution in [3.8, 4) is 22.6 Å². The molecule has 25 heavy (non-hydrogen) atoms. The van der Waals surface area contributed by atoms with Crippen molar-refractivity contribution in [2.45, 2.75) is 13.0 Å². The third-order valence-electron chi connectivity index (χ3n) is 4.45. The Kier molecular flexibility index (Phi) is 3.03. The topological polar surface area (TPSA) is 75.8 Å². The van der Waals surface area contributed by atoms with E-state index in [2.05, 4.69) is 32.3 Å². The number of benzene rings is 2. The molecular weight excluding hydrogens is 316 g/mol. The van der Waals surface area contributed by atoms with Crippen molar-refractivity contribution in [3.05, 3.63) is 60.2 Å². The average Bonchev–Trinajstić information content (AvgIpc) is 3.26. The van der Waals surface area contributed by atoms with Crippen molar-refractivity contribution >= 4 is 11.0 Å². The summed E-state index contributed by atoms with van der Waals surface area (Å²) in [5.74, 6) is 2.28. The molecule has 2 aromatic carbocycles. The molecule has 6 nitrogen and oxygen atoms in total. The molecule has 2 N–H and O–H groups in total. The summed E-state index contributed by atoms with van der Waals surface area (Å²) in [6, 6.07) is 13.8. The number of aryl methyl sites for hydroxylation is 1. The van der Waals surface area contributed by atoms with Gasteiger partial charge in [-0.1, -0.05) is 18.2 Å². The summed E-state index contributed by atoms with van der Waals surface area (Å²) in [7, 11) is 0. The van der Waals surface area contributed by atoms with Crippen molar-refractivity contribution in [3.63, 3.8) is 0 Å². The standard InChI is InChI=1S/C19H16N4O2/c1-11-13(9-20-23-11)12-6-7-14-15(8-12)22-19(21-14)18-10-24-16-4-2-3-5-17(16)25-18/h2-9,18H,10H2,1H3,(H,20,23)(H,21,22). The van der Waals surface area contributed by atoms with Crippen LogP contribution in [0.15, 0.2) is 48.7 Å². The molecule has 0 radical (unpaired) electrons. The number of aromatic nitrogens is 4. The Morgan fingerprint density at radius 3 is 2.84 bits per heavy atom. The first-order chi connectivity index (χ1) is 12.3. The van der Waals surface area contributed by atoms with Crippen molar-refractivity contribution < 1.29 is 9.47 Å². The number of fused-ring (bicyclic) bond motifs is 2. The number of H-pyrrole nitrogens is 2. The first kappa shape index (κ1) is 14.1. The number of hydrogen-bond acceptors (Lipinski definition) is 4. The molecule has 1 atom stereocenters. The van der Waals surface area contributed by atoms with Gasteiger partial charge in [0.05, 0.1) is 17.2 Å². The molecule has 0 aliphatic carbocycles. The van der Waals surface area contributed by atoms with Gasteiger partial charge >= 0.3 is 0 Å². The molecule has 5 rings (SSSR count). The van der Waals surface area contributed by atoms with Crippen LogP contribution in [-0.2, 0) is 0 Å². The van der Waals surface area contributed by atoms with Crippen LogP contribution in [0.4, 0.5) is 0 Å². The van der Waals surface area contributed by atoms with Crippen LogP contribution in [0.25, 0.3) is 22.2 Å². The van der Waals surface area contributed by atoms with E-state index >= 15 is 0 Å². The van der Waals surface area contributed by atoms with Gasteiger partial charge in [0.25, 0.3) is 0 Å². The third-order valence-corrected chi connectivity index (χ3v) is 4.45. The number of para-hydroxylation sites is 2. The zero-order valence-electron chi connectivity index (χ0n) is 13.6. The third kappa shape index (κ3) is 2.34. The van der Waals surface area contributed by atoms with Gasteiger partial charge in [-0.05, 0) is 36.8 Å². The first-order valence-electron chi connectivity index (χ1n) is 8.16. The maximum Gasteiger partial charge on any atom is 0.190 e. The second-order valence-corrected chi connectivity index (χ2v) is 6.13. The molecule has 2 aromatic heterocycles. The molecule has 124 valence electrons. The van der Waals surface area contributed by atoms with Crippen LogP contribution >= 0.6 is 0 Å². The molecule has 1 aliphatic heterocycles. The maximum absolute atomic E-state index is 6.04. The minimum absolute atomic E-state index is 0.249. The molecule has 0 amide bonds. The first-order valence-corrected chi connectivity index (χ1v) is 8.16. The van der Waals surface area contributed by atoms with Gasteiger partial charge in [-0.3, -0.25) is 5.10 Å². The minimum atomic E-state index is -0.249. The lowest BCUT2D eigenvalue weighted by atomic mass is 10.1. The summed E-state index contributed by atoms with van der Waals surface area (Å²) >= 11 is 0. The van der Waals surface area contributed by atoms with Crippen molar-refractivity contribution in [1.82, 2.24) is 20.2 Å². The second-order valence-electron chi connectivity index (χ2n) is 6.13. The van der Waals surface area contributed by atoms with Gasteiger partial charge in [0.15, 0.2) is 23.4 Å². The number of ether oxygens (including phenoxy) is 2. The predicted molar refractivity (Wildman–Crippen MR) is 93.7 cm³/mol. The monoisotopic (exact) mass is 332 g/mol. The molecular formula is C19H16N4O2. The highest BCUT2D eigenvalue weighted by Gasteiger charge is 2.25. The van der Waals surface area contributed by atoms with Gasteiger partial charge in [0.1, 0.15) is 6.61 Å². The molecule has 3 heterocycles. The Labute approximate surface area is 143 Å². The van der Waals surface area contributed by atoms with Crippen LogP contribution in [0.5, 0.6) is 11.5 Å². The Morgan fingerprint density at radius 2 is 2.00 bits per heavy atom. The summed E-state index contributed by atoms with van der Waals surface area (Å²) in [6.45, 7) is 2.44. The molecule has 4 aromatic rings. The van der Waals surface area contributed by atoms with E-state index < -0.39 is 0 Å². The Bertz CT molecular complexity index is 1070. The highest BCUT2D eigenvalue weighted by atomic mass is 16.6. The highest BCUT2D eigenvalue weighted by molar-refractivity contribution is 5.82. The van der Waals surface area contributed by atoms with E-state index in [-0.39, 0.29) is 6.10 Å². The number of imidazole rings is 1. The number of rotatable bonds is 2. The van der Waals surface area contributed by atoms with E-state index in [0.717, 1.165) is 45.2 Å². The smallest absolute Gasteiger partial charge is 0.190 e. The molecule has 6 heteroatoms. The van der Waals surface area contributed by atoms with Crippen LogP contribution in [0, 0.1) is 6.92 Å². The van der Waals surface area contributed by atoms with E-state index in [1.54, 1.807) is 0 Å². The van der Waals surface area contributed by atoms with Gasteiger partial charge in [-0.25, -0.2) is 4.98 Å². The minimum Gasteiger partial charge on any atom is -0.485 e. The number of aromatic amines is 2. The van der Waals surface area contributed by atoms with Gasteiger partial charge < -0.3 is 14.5 Å². The van der Waals surface area contributed by atoms with Gasteiger partial charge in [0.2, 0.25) is 0 Å². The van der Waals surface area contributed by atoms with E-state index in [0.29, 0.717) is 6.61 Å². The normalized spacial score (nSPS) is 16.3. The van der Waals surface area contributed by atoms with Crippen molar-refractivity contribution in [2.24, 2.45) is 0 Å². The maximum atomic E-state index is 6.04. The lowest BCUT2D eigenvalue weighted by molar-refractivity contribution is 0.0859. The van der Waals surface area contributed by atoms with Crippen molar-refractivity contribution in [2.75, 3.05) is 6.61 Å². The fourth-order valence-corrected chi connectivity index (χ4v) is 3.15. The quantitative estimate of drug-likeness (QED) is 0.586. The van der Waals surface area contributed by atoms with E-state index in [4.69, 9.17) is 9.47 Å². The molecule has 0 spiro atoms. The molecule has 1 unspecified atom stereocenters. The summed E-state index contributed by atoms with van der Waals surface area (Å²) in [5, 5.41) is 7.06. The van der Waals surface area contributed by atoms with Crippen molar-refractivity contribution in [1.29, 1.82) is 0 Å². The van der Waals surface area contributed by atoms with Crippen LogP contribution in [0.3, 0.4) is 0 Å². The fraction of sp³-hybridized carbons (Fsp3) is 0.158. The molecule has 1 aliphatic rings. The average molecular weight is 332 g/mol. The molecule has 0 fully saturated rings. The van der Waals surface area contributed by atoms with Gasteiger partial charge in [-0.15, -0.1) is 0 Å². The van der Waals surface area contributed by atoms with Crippen LogP contribution < -0.4 is 9.47 Å². The van der Waals surface area contributed by atoms with Crippen LogP contribution in [0.1, 0.15) is 17.6 Å². The summed E-state index contributed by atoms with van der Waals surface area (Å²) in [5.41, 5.74) is 5.10. The SMILES string of the molecule is Cc1[nH]ncc1-c1ccc2nc(C3COc4ccccc4O3)[nH]c2c1. The Morgan fingerprint density at radius 1 is 1.12 bits per heavy atom. The number of hydrogen-bond donors (Lipinski definition) is 2. The second kappa shape index (κ2) is 5.37. The van der Waals surface area contributed by atoms with E-state index in [1.807, 2.05) is 43.5 Å². The fourth-order valence-electron chi connectivity index (χ4n) is 3.15. The Balaban J connectivity index is 1.50. The lowest BCUT2D eigenvalue weighted by Crippen LogP contribution is -2.22. The molecule has 0 saturated heterocycles. The predicted octanol–water partition coefficient (Wildman–Crippen LogP) is 3.77. The largest absolute Gasteiger partial charge is 0.485 e. The van der Waals surface area contributed by atoms with E-state index in [1.165, 1.54) is 0 Å². The number of nitrogens with one attached hydrogen (secondary N) is 2. The van der Waals surface area contributed by atoms with E-state index in [9.17, 15) is 0 Å². The molecule has 0 saturated carbocycles. The summed E-state index contributed by atoms with van der Waals surface area (Å²) < 4.78 is 11.8. The van der Waals surface area contributed by atoms with Crippen LogP contribution in [0.2, 0.25) is 0 Å². The summed E-state index contributed by atoms with van der Waals surface area (Å²) in [6.07, 6.45) is 1.59.